The van der Waals surface area contributed by atoms with E-state index in [0.717, 1.165) is 44.1 Å². The maximum atomic E-state index is 13.3. The van der Waals surface area contributed by atoms with Crippen molar-refractivity contribution < 1.29 is 14.3 Å². The molecular weight excluding hydrogens is 330 g/mol. The van der Waals surface area contributed by atoms with E-state index in [0.29, 0.717) is 0 Å². The highest BCUT2D eigenvalue weighted by molar-refractivity contribution is 5.95. The number of aromatic nitrogens is 2. The third kappa shape index (κ3) is 3.90. The number of benzene rings is 1. The maximum Gasteiger partial charge on any atom is 0.323 e. The second kappa shape index (κ2) is 8.08. The summed E-state index contributed by atoms with van der Waals surface area (Å²) in [6.45, 7) is 3.28. The number of ether oxygens (including phenoxy) is 1. The van der Waals surface area contributed by atoms with E-state index in [2.05, 4.69) is 22.4 Å². The molecule has 1 N–H and O–H groups in total. The number of hydrogen-bond acceptors (Lipinski definition) is 5. The topological polar surface area (TPSA) is 81.2 Å². The van der Waals surface area contributed by atoms with Gasteiger partial charge in [0.25, 0.3) is 5.88 Å². The summed E-state index contributed by atoms with van der Waals surface area (Å²) >= 11 is 0. The predicted octanol–water partition coefficient (Wildman–Crippen LogP) is 3.45. The summed E-state index contributed by atoms with van der Waals surface area (Å²) in [4.78, 5) is 24.5. The summed E-state index contributed by atoms with van der Waals surface area (Å²) in [5.41, 5.74) is 0.532. The molecule has 0 aliphatic heterocycles. The Morgan fingerprint density at radius 1 is 1.04 bits per heavy atom. The fourth-order valence-electron chi connectivity index (χ4n) is 3.52. The summed E-state index contributed by atoms with van der Waals surface area (Å²) < 4.78 is 5.64. The normalized spacial score (nSPS) is 16.3. The number of hydrogen-bond donors (Lipinski definition) is 1. The van der Waals surface area contributed by atoms with Gasteiger partial charge in [-0.05, 0) is 24.5 Å². The minimum Gasteiger partial charge on any atom is -0.403 e. The van der Waals surface area contributed by atoms with E-state index in [1.807, 2.05) is 30.3 Å². The van der Waals surface area contributed by atoms with Crippen LogP contribution in [-0.2, 0) is 15.0 Å². The van der Waals surface area contributed by atoms with E-state index in [1.165, 1.54) is 12.3 Å². The van der Waals surface area contributed by atoms with Crippen LogP contribution in [0.15, 0.2) is 42.6 Å². The molecule has 1 aliphatic carbocycles. The highest BCUT2D eigenvalue weighted by atomic mass is 16.5. The molecule has 0 unspecified atom stereocenters. The quantitative estimate of drug-likeness (QED) is 0.673. The van der Waals surface area contributed by atoms with E-state index < -0.39 is 11.3 Å². The zero-order chi connectivity index (χ0) is 18.4. The molecule has 1 heterocycles. The predicted molar refractivity (Wildman–Crippen MR) is 97.5 cm³/mol. The lowest BCUT2D eigenvalue weighted by Crippen LogP contribution is -2.39. The van der Waals surface area contributed by atoms with E-state index in [-0.39, 0.29) is 17.5 Å². The number of nitrogens with zero attached hydrogens (tertiary/aromatic N) is 2. The number of rotatable bonds is 4. The van der Waals surface area contributed by atoms with Gasteiger partial charge in [-0.3, -0.25) is 9.59 Å². The maximum absolute atomic E-state index is 13.3. The van der Waals surface area contributed by atoms with Crippen LogP contribution in [-0.4, -0.2) is 22.1 Å². The van der Waals surface area contributed by atoms with Crippen LogP contribution in [0.4, 0.5) is 5.69 Å². The average Bonchev–Trinajstić information content (AvgIpc) is 2.91. The van der Waals surface area contributed by atoms with Crippen LogP contribution in [0.1, 0.15) is 44.1 Å². The van der Waals surface area contributed by atoms with E-state index in [1.54, 1.807) is 0 Å². The van der Waals surface area contributed by atoms with Gasteiger partial charge in [0.2, 0.25) is 5.91 Å². The molecule has 2 aromatic rings. The van der Waals surface area contributed by atoms with Gasteiger partial charge < -0.3 is 10.1 Å². The molecule has 0 saturated heterocycles. The number of anilines is 1. The van der Waals surface area contributed by atoms with Gasteiger partial charge in [-0.25, -0.2) is 0 Å². The lowest BCUT2D eigenvalue weighted by atomic mass is 9.74. The number of amides is 1. The van der Waals surface area contributed by atoms with Crippen LogP contribution in [0.25, 0.3) is 0 Å². The highest BCUT2D eigenvalue weighted by Gasteiger charge is 2.42. The average molecular weight is 352 g/mol. The van der Waals surface area contributed by atoms with Crippen molar-refractivity contribution in [3.63, 3.8) is 0 Å². The minimum absolute atomic E-state index is 0.00551. The minimum atomic E-state index is -0.707. The van der Waals surface area contributed by atoms with Crippen LogP contribution < -0.4 is 10.1 Å². The summed E-state index contributed by atoms with van der Waals surface area (Å²) in [5, 5.41) is 10.2. The summed E-state index contributed by atoms with van der Waals surface area (Å²) in [6.07, 6.45) is 7.02. The van der Waals surface area contributed by atoms with Crippen molar-refractivity contribution in [3.8, 4) is 5.88 Å². The lowest BCUT2D eigenvalue weighted by molar-refractivity contribution is -0.142. The Kier molecular flexibility index (Phi) is 5.61. The van der Waals surface area contributed by atoms with Crippen molar-refractivity contribution in [2.75, 3.05) is 5.32 Å². The third-order valence-corrected chi connectivity index (χ3v) is 4.82. The van der Waals surface area contributed by atoms with Gasteiger partial charge >= 0.3 is 5.97 Å². The van der Waals surface area contributed by atoms with Crippen molar-refractivity contribution in [2.45, 2.75) is 43.9 Å². The van der Waals surface area contributed by atoms with Gasteiger partial charge in [-0.1, -0.05) is 56.0 Å². The number of nitrogens with one attached hydrogen (secondary N) is 1. The molecular formula is C20H22N3O3. The molecule has 0 bridgehead atoms. The fraction of sp³-hybridized carbons (Fsp3) is 0.350. The lowest BCUT2D eigenvalue weighted by Gasteiger charge is -2.30. The van der Waals surface area contributed by atoms with Crippen molar-refractivity contribution in [3.05, 3.63) is 55.1 Å². The Hall–Kier alpha value is -2.76. The zero-order valence-electron chi connectivity index (χ0n) is 14.6. The first-order valence-corrected chi connectivity index (χ1v) is 8.84. The van der Waals surface area contributed by atoms with Crippen molar-refractivity contribution in [1.29, 1.82) is 0 Å². The Balaban J connectivity index is 1.93. The largest absolute Gasteiger partial charge is 0.403 e. The van der Waals surface area contributed by atoms with E-state index >= 15 is 0 Å². The molecule has 1 amide bonds. The van der Waals surface area contributed by atoms with Crippen molar-refractivity contribution in [1.82, 2.24) is 10.2 Å². The van der Waals surface area contributed by atoms with Crippen molar-refractivity contribution in [2.24, 2.45) is 0 Å². The molecule has 1 aliphatic rings. The van der Waals surface area contributed by atoms with Gasteiger partial charge in [-0.15, -0.1) is 5.10 Å². The first kappa shape index (κ1) is 18.0. The molecule has 0 atom stereocenters. The van der Waals surface area contributed by atoms with Crippen LogP contribution >= 0.6 is 0 Å². The number of carbonyl (C=O) groups excluding carboxylic acids is 2. The van der Waals surface area contributed by atoms with E-state index in [9.17, 15) is 9.59 Å². The standard InChI is InChI=1S/C20H22N3O3/c1-15(24)22-17-11-14-21-23-18(17)26-19(25)20(12-7-2-3-8-13-20)16-9-5-4-6-10-16/h4-6,9-11,14H,1-3,7-8,12-13H2,(H,21,22,24). The highest BCUT2D eigenvalue weighted by Crippen LogP contribution is 2.40. The van der Waals surface area contributed by atoms with Crippen LogP contribution in [0.5, 0.6) is 5.88 Å². The van der Waals surface area contributed by atoms with Crippen LogP contribution in [0.3, 0.4) is 0 Å². The zero-order valence-corrected chi connectivity index (χ0v) is 14.6. The molecule has 1 saturated carbocycles. The van der Waals surface area contributed by atoms with Gasteiger partial charge in [0.05, 0.1) is 11.6 Å². The van der Waals surface area contributed by atoms with Gasteiger partial charge in [0.15, 0.2) is 0 Å². The fourth-order valence-corrected chi connectivity index (χ4v) is 3.52. The van der Waals surface area contributed by atoms with Crippen molar-refractivity contribution >= 4 is 17.6 Å². The van der Waals surface area contributed by atoms with Gasteiger partial charge in [-0.2, -0.15) is 5.10 Å². The second-order valence-corrected chi connectivity index (χ2v) is 6.55. The molecule has 6 nitrogen and oxygen atoms in total. The molecule has 26 heavy (non-hydrogen) atoms. The monoisotopic (exact) mass is 352 g/mol. The second-order valence-electron chi connectivity index (χ2n) is 6.55. The molecule has 1 fully saturated rings. The Labute approximate surface area is 153 Å². The molecule has 1 aromatic heterocycles. The number of esters is 1. The van der Waals surface area contributed by atoms with Crippen LogP contribution in [0.2, 0.25) is 0 Å². The molecule has 1 radical (unpaired) electrons. The Morgan fingerprint density at radius 3 is 2.38 bits per heavy atom. The third-order valence-electron chi connectivity index (χ3n) is 4.82. The summed E-state index contributed by atoms with van der Waals surface area (Å²) in [6, 6.07) is 11.3. The first-order chi connectivity index (χ1) is 12.6. The molecule has 3 rings (SSSR count). The van der Waals surface area contributed by atoms with Gasteiger partial charge in [0, 0.05) is 6.92 Å². The van der Waals surface area contributed by atoms with Crippen LogP contribution in [0, 0.1) is 6.92 Å². The molecule has 0 spiro atoms. The molecule has 135 valence electrons. The molecule has 1 aromatic carbocycles. The SMILES string of the molecule is [CH2]C(=O)Nc1ccnnc1OC(=O)C1(c2ccccc2)CCCCCC1. The Morgan fingerprint density at radius 2 is 1.73 bits per heavy atom. The summed E-state index contributed by atoms with van der Waals surface area (Å²) in [7, 11) is 0. The number of carbonyl (C=O) groups is 2. The summed E-state index contributed by atoms with van der Waals surface area (Å²) in [5.74, 6) is -0.873. The molecule has 6 heteroatoms. The Bertz CT molecular complexity index is 769. The van der Waals surface area contributed by atoms with E-state index in [4.69, 9.17) is 4.74 Å². The smallest absolute Gasteiger partial charge is 0.323 e. The van der Waals surface area contributed by atoms with Gasteiger partial charge in [0.1, 0.15) is 5.69 Å². The first-order valence-electron chi connectivity index (χ1n) is 8.84.